The first-order chi connectivity index (χ1) is 8.66. The fourth-order valence-electron chi connectivity index (χ4n) is 2.60. The minimum absolute atomic E-state index is 0.283. The number of fused-ring (bicyclic) bond motifs is 1. The Kier molecular flexibility index (Phi) is 2.67. The zero-order valence-corrected chi connectivity index (χ0v) is 11.1. The van der Waals surface area contributed by atoms with Crippen molar-refractivity contribution in [1.29, 1.82) is 0 Å². The summed E-state index contributed by atoms with van der Waals surface area (Å²) < 4.78 is 2.23. The van der Waals surface area contributed by atoms with Crippen LogP contribution in [-0.2, 0) is 6.54 Å². The summed E-state index contributed by atoms with van der Waals surface area (Å²) in [5.41, 5.74) is 3.73. The zero-order chi connectivity index (χ0) is 12.7. The van der Waals surface area contributed by atoms with Crippen LogP contribution < -0.4 is 5.32 Å². The third kappa shape index (κ3) is 1.73. The number of aryl methyl sites for hydroxylation is 2. The fourth-order valence-corrected chi connectivity index (χ4v) is 2.60. The third-order valence-electron chi connectivity index (χ3n) is 3.58. The second-order valence-corrected chi connectivity index (χ2v) is 5.03. The molecular weight excluding hydrogens is 224 g/mol. The van der Waals surface area contributed by atoms with Crippen LogP contribution in [0.5, 0.6) is 0 Å². The van der Waals surface area contributed by atoms with Crippen LogP contribution in [0.2, 0.25) is 0 Å². The van der Waals surface area contributed by atoms with Gasteiger partial charge in [-0.15, -0.1) is 10.2 Å². The summed E-state index contributed by atoms with van der Waals surface area (Å²) in [5, 5.41) is 12.1. The van der Waals surface area contributed by atoms with E-state index in [0.717, 1.165) is 24.7 Å². The molecule has 1 aliphatic rings. The van der Waals surface area contributed by atoms with Crippen LogP contribution in [0.3, 0.4) is 0 Å². The molecule has 0 bridgehead atoms. The van der Waals surface area contributed by atoms with Gasteiger partial charge < -0.3 is 9.88 Å². The van der Waals surface area contributed by atoms with Gasteiger partial charge in [-0.2, -0.15) is 0 Å². The van der Waals surface area contributed by atoms with E-state index in [4.69, 9.17) is 0 Å². The van der Waals surface area contributed by atoms with Gasteiger partial charge in [0.25, 0.3) is 0 Å². The molecule has 94 valence electrons. The molecular formula is C14H18N4. The Bertz CT molecular complexity index is 585. The standard InChI is InChI=1S/C14H18N4/c1-9-4-5-12(10(2)8-9)14-17-16-13-11(3)15-6-7-18(13)14/h4-5,8,11,15H,6-7H2,1-3H3. The van der Waals surface area contributed by atoms with Crippen molar-refractivity contribution in [1.82, 2.24) is 20.1 Å². The number of hydrogen-bond donors (Lipinski definition) is 1. The summed E-state index contributed by atoms with van der Waals surface area (Å²) in [5.74, 6) is 2.03. The summed E-state index contributed by atoms with van der Waals surface area (Å²) in [6.45, 7) is 8.29. The van der Waals surface area contributed by atoms with E-state index in [0.29, 0.717) is 0 Å². The average Bonchev–Trinajstić information content (AvgIpc) is 2.74. The first-order valence-corrected chi connectivity index (χ1v) is 6.41. The molecule has 0 aliphatic carbocycles. The molecule has 0 saturated carbocycles. The molecule has 2 heterocycles. The Morgan fingerprint density at radius 2 is 2.11 bits per heavy atom. The molecule has 4 nitrogen and oxygen atoms in total. The Balaban J connectivity index is 2.12. The maximum absolute atomic E-state index is 4.38. The van der Waals surface area contributed by atoms with Crippen molar-refractivity contribution in [2.45, 2.75) is 33.4 Å². The maximum atomic E-state index is 4.38. The molecule has 1 aliphatic heterocycles. The summed E-state index contributed by atoms with van der Waals surface area (Å²) in [6.07, 6.45) is 0. The predicted octanol–water partition coefficient (Wildman–Crippen LogP) is 2.23. The summed E-state index contributed by atoms with van der Waals surface area (Å²) >= 11 is 0. The highest BCUT2D eigenvalue weighted by molar-refractivity contribution is 5.61. The molecule has 4 heteroatoms. The number of rotatable bonds is 1. The van der Waals surface area contributed by atoms with Gasteiger partial charge in [0.05, 0.1) is 6.04 Å². The van der Waals surface area contributed by atoms with Crippen LogP contribution in [0.4, 0.5) is 0 Å². The molecule has 1 atom stereocenters. The summed E-state index contributed by atoms with van der Waals surface area (Å²) in [4.78, 5) is 0. The van der Waals surface area contributed by atoms with Gasteiger partial charge in [-0.1, -0.05) is 23.8 Å². The molecule has 1 N–H and O–H groups in total. The predicted molar refractivity (Wildman–Crippen MR) is 71.3 cm³/mol. The number of benzene rings is 1. The monoisotopic (exact) mass is 242 g/mol. The lowest BCUT2D eigenvalue weighted by atomic mass is 10.1. The zero-order valence-electron chi connectivity index (χ0n) is 11.1. The van der Waals surface area contributed by atoms with E-state index >= 15 is 0 Å². The van der Waals surface area contributed by atoms with E-state index in [1.807, 2.05) is 0 Å². The third-order valence-corrected chi connectivity index (χ3v) is 3.58. The van der Waals surface area contributed by atoms with Gasteiger partial charge in [0.15, 0.2) is 5.82 Å². The van der Waals surface area contributed by atoms with Crippen LogP contribution in [-0.4, -0.2) is 21.3 Å². The Morgan fingerprint density at radius 3 is 2.89 bits per heavy atom. The van der Waals surface area contributed by atoms with E-state index in [9.17, 15) is 0 Å². The van der Waals surface area contributed by atoms with Gasteiger partial charge in [-0.3, -0.25) is 0 Å². The second-order valence-electron chi connectivity index (χ2n) is 5.03. The van der Waals surface area contributed by atoms with Crippen LogP contribution >= 0.6 is 0 Å². The van der Waals surface area contributed by atoms with Gasteiger partial charge in [-0.05, 0) is 26.3 Å². The molecule has 1 unspecified atom stereocenters. The highest BCUT2D eigenvalue weighted by Gasteiger charge is 2.22. The maximum Gasteiger partial charge on any atom is 0.164 e. The average molecular weight is 242 g/mol. The molecule has 18 heavy (non-hydrogen) atoms. The van der Waals surface area contributed by atoms with Crippen molar-refractivity contribution >= 4 is 0 Å². The SMILES string of the molecule is Cc1ccc(-c2nnc3n2CCNC3C)c(C)c1. The van der Waals surface area contributed by atoms with Gasteiger partial charge in [0, 0.05) is 18.7 Å². The summed E-state index contributed by atoms with van der Waals surface area (Å²) in [6, 6.07) is 6.76. The molecule has 1 aromatic heterocycles. The molecule has 0 spiro atoms. The lowest BCUT2D eigenvalue weighted by Gasteiger charge is -2.22. The normalized spacial score (nSPS) is 18.7. The van der Waals surface area contributed by atoms with E-state index in [2.05, 4.69) is 59.1 Å². The van der Waals surface area contributed by atoms with Crippen molar-refractivity contribution in [2.75, 3.05) is 6.54 Å². The van der Waals surface area contributed by atoms with E-state index in [1.165, 1.54) is 16.7 Å². The fraction of sp³-hybridized carbons (Fsp3) is 0.429. The highest BCUT2D eigenvalue weighted by atomic mass is 15.3. The van der Waals surface area contributed by atoms with Crippen molar-refractivity contribution < 1.29 is 0 Å². The van der Waals surface area contributed by atoms with Crippen LogP contribution in [0.25, 0.3) is 11.4 Å². The lowest BCUT2D eigenvalue weighted by Crippen LogP contribution is -2.32. The summed E-state index contributed by atoms with van der Waals surface area (Å²) in [7, 11) is 0. The van der Waals surface area contributed by atoms with Crippen LogP contribution in [0, 0.1) is 13.8 Å². The van der Waals surface area contributed by atoms with Crippen molar-refractivity contribution in [3.05, 3.63) is 35.2 Å². The minimum Gasteiger partial charge on any atom is -0.308 e. The Labute approximate surface area is 107 Å². The highest BCUT2D eigenvalue weighted by Crippen LogP contribution is 2.26. The van der Waals surface area contributed by atoms with Gasteiger partial charge in [-0.25, -0.2) is 0 Å². The van der Waals surface area contributed by atoms with Crippen LogP contribution in [0.15, 0.2) is 18.2 Å². The van der Waals surface area contributed by atoms with Gasteiger partial charge in [0.2, 0.25) is 0 Å². The minimum atomic E-state index is 0.283. The van der Waals surface area contributed by atoms with E-state index < -0.39 is 0 Å². The largest absolute Gasteiger partial charge is 0.308 e. The van der Waals surface area contributed by atoms with E-state index in [-0.39, 0.29) is 6.04 Å². The van der Waals surface area contributed by atoms with E-state index in [1.54, 1.807) is 0 Å². The molecule has 2 aromatic rings. The topological polar surface area (TPSA) is 42.7 Å². The van der Waals surface area contributed by atoms with Gasteiger partial charge in [0.1, 0.15) is 5.82 Å². The number of aromatic nitrogens is 3. The second kappa shape index (κ2) is 4.21. The molecule has 0 saturated heterocycles. The lowest BCUT2D eigenvalue weighted by molar-refractivity contribution is 0.439. The van der Waals surface area contributed by atoms with Crippen LogP contribution in [0.1, 0.15) is 29.9 Å². The first-order valence-electron chi connectivity index (χ1n) is 6.41. The van der Waals surface area contributed by atoms with Gasteiger partial charge >= 0.3 is 0 Å². The van der Waals surface area contributed by atoms with Crippen molar-refractivity contribution in [2.24, 2.45) is 0 Å². The molecule has 3 rings (SSSR count). The molecule has 0 radical (unpaired) electrons. The Hall–Kier alpha value is -1.68. The number of nitrogens with one attached hydrogen (secondary N) is 1. The molecule has 0 amide bonds. The quantitative estimate of drug-likeness (QED) is 0.834. The molecule has 1 aromatic carbocycles. The van der Waals surface area contributed by atoms with Crippen molar-refractivity contribution in [3.8, 4) is 11.4 Å². The number of hydrogen-bond acceptors (Lipinski definition) is 3. The molecule has 0 fully saturated rings. The Morgan fingerprint density at radius 1 is 1.28 bits per heavy atom. The number of nitrogens with zero attached hydrogens (tertiary/aromatic N) is 3. The first kappa shape index (κ1) is 11.4. The smallest absolute Gasteiger partial charge is 0.164 e. The van der Waals surface area contributed by atoms with Crippen molar-refractivity contribution in [3.63, 3.8) is 0 Å².